The molecule has 3 aromatic carbocycles. The molecule has 9 aromatic rings. The van der Waals surface area contributed by atoms with Crippen LogP contribution < -0.4 is 4.74 Å². The molecular formula is C45H42BrCl2F2N11O. The molecule has 0 saturated carbocycles. The molecule has 6 heterocycles. The first kappa shape index (κ1) is 44.2. The van der Waals surface area contributed by atoms with Crippen LogP contribution in [-0.4, -0.2) is 88.9 Å². The topological polar surface area (TPSA) is 106 Å². The summed E-state index contributed by atoms with van der Waals surface area (Å²) in [4.78, 5) is 4.27. The minimum atomic E-state index is -0.877. The van der Waals surface area contributed by atoms with Gasteiger partial charge in [0, 0.05) is 35.5 Å². The van der Waals surface area contributed by atoms with Gasteiger partial charge in [0.15, 0.2) is 28.6 Å². The standard InChI is InChI=1S/C24H24F2N4O.C15H15ClN4.C6H3BrClN3/c1-29(2)14-16-4-6-17(7-5-16)19-10-8-18(30-15-27-28-24(19)30)9-11-20-22(31-3)13-12-21(25)23(20)26;1-19(2)9-11-3-5-12(6-4-11)13-7-8-14(16)20-10-17-18-15(13)20;7-4-1-2-5(8)11-3-9-10-6(4)11/h4-8,10,12-13,15H,9,11,14H2,1-3H3;3-8,10H,9H2,1-2H3;1-3H. The number of fused-ring (bicyclic) bond motifs is 3. The maximum atomic E-state index is 14.3. The molecule has 0 spiro atoms. The highest BCUT2D eigenvalue weighted by Crippen LogP contribution is 2.29. The Morgan fingerprint density at radius 1 is 0.581 bits per heavy atom. The molecular weight excluding hydrogens is 899 g/mol. The fraction of sp³-hybridized carbons (Fsp3) is 0.200. The maximum Gasteiger partial charge on any atom is 0.176 e. The second kappa shape index (κ2) is 19.9. The number of benzene rings is 3. The number of hydrogen-bond donors (Lipinski definition) is 0. The van der Waals surface area contributed by atoms with E-state index in [4.69, 9.17) is 27.9 Å². The van der Waals surface area contributed by atoms with Crippen LogP contribution in [0.4, 0.5) is 8.78 Å². The van der Waals surface area contributed by atoms with Crippen molar-refractivity contribution in [1.82, 2.24) is 53.6 Å². The zero-order chi connectivity index (χ0) is 43.9. The van der Waals surface area contributed by atoms with Gasteiger partial charge in [-0.1, -0.05) is 71.7 Å². The summed E-state index contributed by atoms with van der Waals surface area (Å²) in [6, 6.07) is 30.8. The number of pyridine rings is 3. The zero-order valence-electron chi connectivity index (χ0n) is 34.5. The third-order valence-electron chi connectivity index (χ3n) is 9.84. The molecule has 0 N–H and O–H groups in total. The third-order valence-corrected chi connectivity index (χ3v) is 11.1. The van der Waals surface area contributed by atoms with Crippen LogP contribution in [0, 0.1) is 11.6 Å². The average Bonchev–Trinajstić information content (AvgIpc) is 4.07. The van der Waals surface area contributed by atoms with Crippen LogP contribution in [0.25, 0.3) is 39.2 Å². The lowest BCUT2D eigenvalue weighted by Gasteiger charge is -2.13. The van der Waals surface area contributed by atoms with Crippen molar-refractivity contribution in [3.8, 4) is 28.0 Å². The van der Waals surface area contributed by atoms with Crippen molar-refractivity contribution < 1.29 is 13.5 Å². The van der Waals surface area contributed by atoms with Crippen LogP contribution in [0.5, 0.6) is 5.75 Å². The highest BCUT2D eigenvalue weighted by molar-refractivity contribution is 9.10. The first-order valence-electron chi connectivity index (χ1n) is 19.3. The predicted octanol–water partition coefficient (Wildman–Crippen LogP) is 9.79. The van der Waals surface area contributed by atoms with Crippen LogP contribution in [0.1, 0.15) is 22.4 Å². The van der Waals surface area contributed by atoms with E-state index in [0.29, 0.717) is 28.9 Å². The Morgan fingerprint density at radius 3 is 1.60 bits per heavy atom. The van der Waals surface area contributed by atoms with Gasteiger partial charge in [-0.15, -0.1) is 30.6 Å². The number of aromatic nitrogens is 9. The third kappa shape index (κ3) is 10.1. The van der Waals surface area contributed by atoms with Crippen molar-refractivity contribution >= 4 is 56.1 Å². The molecule has 0 unspecified atom stereocenters. The predicted molar refractivity (Wildman–Crippen MR) is 243 cm³/mol. The monoisotopic (exact) mass is 939 g/mol. The van der Waals surface area contributed by atoms with E-state index in [1.54, 1.807) is 33.8 Å². The molecule has 0 aliphatic rings. The molecule has 0 fully saturated rings. The van der Waals surface area contributed by atoms with Crippen LogP contribution in [0.15, 0.2) is 121 Å². The van der Waals surface area contributed by atoms with Crippen LogP contribution >= 0.6 is 39.1 Å². The molecule has 12 nitrogen and oxygen atoms in total. The molecule has 0 atom stereocenters. The summed E-state index contributed by atoms with van der Waals surface area (Å²) < 4.78 is 39.5. The Balaban J connectivity index is 0.000000158. The zero-order valence-corrected chi connectivity index (χ0v) is 37.6. The number of rotatable bonds is 10. The molecule has 0 aliphatic heterocycles. The van der Waals surface area contributed by atoms with Gasteiger partial charge in [-0.05, 0) is 128 Å². The Labute approximate surface area is 375 Å². The molecule has 318 valence electrons. The molecule has 17 heteroatoms. The van der Waals surface area contributed by atoms with Gasteiger partial charge in [-0.25, -0.2) is 8.78 Å². The highest BCUT2D eigenvalue weighted by Gasteiger charge is 2.17. The number of ether oxygens (including phenoxy) is 1. The van der Waals surface area contributed by atoms with Gasteiger partial charge in [-0.3, -0.25) is 13.2 Å². The van der Waals surface area contributed by atoms with Crippen molar-refractivity contribution in [1.29, 1.82) is 0 Å². The first-order chi connectivity index (χ1) is 29.9. The number of nitrogens with zero attached hydrogens (tertiary/aromatic N) is 11. The Kier molecular flexibility index (Phi) is 14.2. The van der Waals surface area contributed by atoms with E-state index < -0.39 is 11.6 Å². The normalized spacial score (nSPS) is 11.3. The van der Waals surface area contributed by atoms with Gasteiger partial charge in [0.05, 0.1) is 11.6 Å². The first-order valence-corrected chi connectivity index (χ1v) is 20.9. The Bertz CT molecular complexity index is 2900. The lowest BCUT2D eigenvalue weighted by molar-refractivity contribution is 0.397. The van der Waals surface area contributed by atoms with Gasteiger partial charge < -0.3 is 14.5 Å². The summed E-state index contributed by atoms with van der Waals surface area (Å²) in [5, 5.41) is 25.2. The maximum absolute atomic E-state index is 14.3. The summed E-state index contributed by atoms with van der Waals surface area (Å²) in [5.41, 5.74) is 10.0. The lowest BCUT2D eigenvalue weighted by atomic mass is 10.0. The quantitative estimate of drug-likeness (QED) is 0.124. The van der Waals surface area contributed by atoms with Gasteiger partial charge in [0.1, 0.15) is 35.0 Å². The Morgan fingerprint density at radius 2 is 1.06 bits per heavy atom. The van der Waals surface area contributed by atoms with Crippen molar-refractivity contribution in [3.63, 3.8) is 0 Å². The second-order valence-electron chi connectivity index (χ2n) is 14.8. The fourth-order valence-corrected chi connectivity index (χ4v) is 7.69. The van der Waals surface area contributed by atoms with Crippen LogP contribution in [0.2, 0.25) is 10.3 Å². The largest absolute Gasteiger partial charge is 0.496 e. The molecule has 0 radical (unpaired) electrons. The van der Waals surface area contributed by atoms with Crippen LogP contribution in [-0.2, 0) is 25.9 Å². The number of methoxy groups -OCH3 is 1. The van der Waals surface area contributed by atoms with E-state index >= 15 is 0 Å². The van der Waals surface area contributed by atoms with Gasteiger partial charge in [0.2, 0.25) is 0 Å². The van der Waals surface area contributed by atoms with E-state index in [9.17, 15) is 8.78 Å². The summed E-state index contributed by atoms with van der Waals surface area (Å²) in [6.07, 6.45) is 5.61. The van der Waals surface area contributed by atoms with Gasteiger partial charge in [0.25, 0.3) is 0 Å². The minimum absolute atomic E-state index is 0.226. The molecule has 6 aromatic heterocycles. The van der Waals surface area contributed by atoms with Crippen molar-refractivity contribution in [2.75, 3.05) is 35.3 Å². The fourth-order valence-electron chi connectivity index (χ4n) is 6.91. The lowest BCUT2D eigenvalue weighted by Crippen LogP contribution is -2.10. The number of halogens is 5. The molecule has 0 bridgehead atoms. The highest BCUT2D eigenvalue weighted by atomic mass is 79.9. The van der Waals surface area contributed by atoms with E-state index in [0.717, 1.165) is 68.5 Å². The summed E-state index contributed by atoms with van der Waals surface area (Å²) in [7, 11) is 9.65. The minimum Gasteiger partial charge on any atom is -0.496 e. The van der Waals surface area contributed by atoms with Crippen molar-refractivity contribution in [3.05, 3.63) is 165 Å². The molecule has 62 heavy (non-hydrogen) atoms. The molecule has 0 aliphatic carbocycles. The average molecular weight is 942 g/mol. The summed E-state index contributed by atoms with van der Waals surface area (Å²) in [6.45, 7) is 1.81. The van der Waals surface area contributed by atoms with E-state index in [1.165, 1.54) is 24.3 Å². The summed E-state index contributed by atoms with van der Waals surface area (Å²) >= 11 is 15.3. The molecule has 9 rings (SSSR count). The van der Waals surface area contributed by atoms with Gasteiger partial charge >= 0.3 is 0 Å². The van der Waals surface area contributed by atoms with Crippen molar-refractivity contribution in [2.45, 2.75) is 25.9 Å². The summed E-state index contributed by atoms with van der Waals surface area (Å²) in [5.74, 6) is -1.40. The van der Waals surface area contributed by atoms with E-state index in [2.05, 4.69) is 119 Å². The number of aryl methyl sites for hydroxylation is 1. The Hall–Kier alpha value is -5.84. The molecule has 0 amide bonds. The molecule has 0 saturated heterocycles. The smallest absolute Gasteiger partial charge is 0.176 e. The van der Waals surface area contributed by atoms with Crippen molar-refractivity contribution in [2.24, 2.45) is 0 Å². The van der Waals surface area contributed by atoms with Gasteiger partial charge in [-0.2, -0.15) is 0 Å². The van der Waals surface area contributed by atoms with E-state index in [-0.39, 0.29) is 5.56 Å². The second-order valence-corrected chi connectivity index (χ2v) is 16.4. The van der Waals surface area contributed by atoms with E-state index in [1.807, 2.05) is 48.8 Å². The SMILES string of the molecule is CN(C)Cc1ccc(-c2ccc(Cl)n3cnnc23)cc1.COc1ccc(F)c(F)c1CCc1ccc(-c2ccc(CN(C)C)cc2)c2nncn12.Clc1ccc(Br)c2nncn12. The number of hydrogen-bond acceptors (Lipinski definition) is 9. The van der Waals surface area contributed by atoms with Crippen LogP contribution in [0.3, 0.4) is 0 Å².